The van der Waals surface area contributed by atoms with Gasteiger partial charge >= 0.3 is 17.1 Å². The zero-order valence-corrected chi connectivity index (χ0v) is 7.02. The van der Waals surface area contributed by atoms with Crippen LogP contribution in [0.5, 0.6) is 0 Å². The predicted molar refractivity (Wildman–Crippen MR) is 37.7 cm³/mol. The van der Waals surface area contributed by atoms with Gasteiger partial charge in [-0.1, -0.05) is 0 Å². The summed E-state index contributed by atoms with van der Waals surface area (Å²) in [5.74, 6) is 0. The summed E-state index contributed by atoms with van der Waals surface area (Å²) >= 11 is 0. The van der Waals surface area contributed by atoms with E-state index in [0.29, 0.717) is 0 Å². The summed E-state index contributed by atoms with van der Waals surface area (Å²) in [6.07, 6.45) is 2.00. The van der Waals surface area contributed by atoms with Gasteiger partial charge < -0.3 is 6.42 Å². The first kappa shape index (κ1) is 11.6. The van der Waals surface area contributed by atoms with E-state index in [1.54, 1.807) is 0 Å². The van der Waals surface area contributed by atoms with Crippen molar-refractivity contribution in [3.63, 3.8) is 0 Å². The molecule has 9 heavy (non-hydrogen) atoms. The second kappa shape index (κ2) is 10.8. The molecular formula is C8H12Mn. The summed E-state index contributed by atoms with van der Waals surface area (Å²) in [7, 11) is 0. The Bertz CT molecular complexity index is 71.5. The Morgan fingerprint density at radius 3 is 1.56 bits per heavy atom. The molecule has 0 saturated carbocycles. The molecule has 0 fully saturated rings. The van der Waals surface area contributed by atoms with Crippen molar-refractivity contribution in [2.75, 3.05) is 0 Å². The van der Waals surface area contributed by atoms with Crippen molar-refractivity contribution in [2.45, 2.75) is 13.8 Å². The Labute approximate surface area is 68.1 Å². The van der Waals surface area contributed by atoms with E-state index >= 15 is 0 Å². The first-order chi connectivity index (χ1) is 3.91. The second-order valence-electron chi connectivity index (χ2n) is 1.54. The van der Waals surface area contributed by atoms with Crippen LogP contribution in [0.15, 0.2) is 30.3 Å². The Morgan fingerprint density at radius 1 is 1.11 bits per heavy atom. The van der Waals surface area contributed by atoms with Crippen LogP contribution in [0.4, 0.5) is 0 Å². The van der Waals surface area contributed by atoms with Crippen molar-refractivity contribution >= 4 is 0 Å². The maximum Gasteiger partial charge on any atom is 2.00 e. The SMILES string of the molecule is C[CH-]C.[Mn+2].c1cc[cH-]c1. The molecule has 0 heterocycles. The van der Waals surface area contributed by atoms with E-state index in [9.17, 15) is 0 Å². The summed E-state index contributed by atoms with van der Waals surface area (Å²) in [4.78, 5) is 0. The van der Waals surface area contributed by atoms with Crippen molar-refractivity contribution in [3.05, 3.63) is 36.8 Å². The summed E-state index contributed by atoms with van der Waals surface area (Å²) in [5, 5.41) is 0. The van der Waals surface area contributed by atoms with Crippen LogP contribution in [-0.4, -0.2) is 0 Å². The van der Waals surface area contributed by atoms with Crippen LogP contribution in [0.1, 0.15) is 13.8 Å². The average Bonchev–Trinajstić information content (AvgIpc) is 2.17. The molecule has 0 amide bonds. The minimum absolute atomic E-state index is 0. The monoisotopic (exact) mass is 163 g/mol. The zero-order valence-electron chi connectivity index (χ0n) is 5.84. The molecule has 0 aliphatic carbocycles. The Hall–Kier alpha value is -0.131. The molecule has 0 saturated heterocycles. The fraction of sp³-hybridized carbons (Fsp3) is 0.250. The van der Waals surface area contributed by atoms with Crippen LogP contribution in [0, 0.1) is 6.42 Å². The zero-order chi connectivity index (χ0) is 6.24. The van der Waals surface area contributed by atoms with Crippen molar-refractivity contribution in [3.8, 4) is 0 Å². The first-order valence-corrected chi connectivity index (χ1v) is 2.82. The third kappa shape index (κ3) is 11.4. The van der Waals surface area contributed by atoms with Crippen LogP contribution in [0.2, 0.25) is 0 Å². The molecule has 0 aromatic heterocycles. The maximum absolute atomic E-state index is 2.00. The van der Waals surface area contributed by atoms with E-state index in [2.05, 4.69) is 0 Å². The third-order valence-electron chi connectivity index (χ3n) is 0.556. The molecule has 1 rings (SSSR count). The van der Waals surface area contributed by atoms with Crippen molar-refractivity contribution in [1.82, 2.24) is 0 Å². The fourth-order valence-corrected chi connectivity index (χ4v) is 0.321. The number of hydrogen-bond donors (Lipinski definition) is 0. The van der Waals surface area contributed by atoms with Crippen LogP contribution < -0.4 is 0 Å². The van der Waals surface area contributed by atoms with Gasteiger partial charge in [-0.05, 0) is 0 Å². The molecule has 1 heteroatoms. The van der Waals surface area contributed by atoms with Crippen molar-refractivity contribution < 1.29 is 17.1 Å². The quantitative estimate of drug-likeness (QED) is 0.407. The van der Waals surface area contributed by atoms with Crippen LogP contribution >= 0.6 is 0 Å². The molecule has 1 aromatic rings. The first-order valence-electron chi connectivity index (χ1n) is 2.82. The number of rotatable bonds is 0. The smallest absolute Gasteiger partial charge is 0.335 e. The fourth-order valence-electron chi connectivity index (χ4n) is 0.321. The Balaban J connectivity index is 0. The van der Waals surface area contributed by atoms with E-state index in [-0.39, 0.29) is 17.1 Å². The van der Waals surface area contributed by atoms with Gasteiger partial charge in [0.15, 0.2) is 0 Å². The molecule has 51 valence electrons. The molecular weight excluding hydrogens is 151 g/mol. The predicted octanol–water partition coefficient (Wildman–Crippen LogP) is 2.63. The van der Waals surface area contributed by atoms with E-state index in [0.717, 1.165) is 0 Å². The van der Waals surface area contributed by atoms with Crippen molar-refractivity contribution in [2.24, 2.45) is 0 Å². The number of hydrogen-bond acceptors (Lipinski definition) is 0. The minimum Gasteiger partial charge on any atom is -0.335 e. The summed E-state index contributed by atoms with van der Waals surface area (Å²) in [6.45, 7) is 4.00. The van der Waals surface area contributed by atoms with Gasteiger partial charge in [0.2, 0.25) is 0 Å². The molecule has 0 aliphatic heterocycles. The average molecular weight is 163 g/mol. The molecule has 0 atom stereocenters. The van der Waals surface area contributed by atoms with Crippen LogP contribution in [0.25, 0.3) is 0 Å². The largest absolute Gasteiger partial charge is 2.00 e. The van der Waals surface area contributed by atoms with Gasteiger partial charge in [0.25, 0.3) is 0 Å². The summed E-state index contributed by atoms with van der Waals surface area (Å²) in [5.41, 5.74) is 0. The molecule has 1 radical (unpaired) electrons. The van der Waals surface area contributed by atoms with Gasteiger partial charge in [-0.2, -0.15) is 32.0 Å². The minimum atomic E-state index is 0. The molecule has 0 spiro atoms. The normalized spacial score (nSPS) is 6.44. The van der Waals surface area contributed by atoms with E-state index in [4.69, 9.17) is 0 Å². The molecule has 1 aromatic carbocycles. The van der Waals surface area contributed by atoms with Gasteiger partial charge in [0.1, 0.15) is 0 Å². The van der Waals surface area contributed by atoms with Gasteiger partial charge in [0.05, 0.1) is 0 Å². The molecule has 0 unspecified atom stereocenters. The van der Waals surface area contributed by atoms with E-state index < -0.39 is 0 Å². The third-order valence-corrected chi connectivity index (χ3v) is 0.556. The van der Waals surface area contributed by atoms with Gasteiger partial charge in [-0.3, -0.25) is 0 Å². The summed E-state index contributed by atoms with van der Waals surface area (Å²) in [6, 6.07) is 10.0. The Morgan fingerprint density at radius 2 is 1.44 bits per heavy atom. The molecule has 0 nitrogen and oxygen atoms in total. The van der Waals surface area contributed by atoms with Gasteiger partial charge in [-0.15, -0.1) is 0 Å². The van der Waals surface area contributed by atoms with Gasteiger partial charge in [-0.25, -0.2) is 12.1 Å². The topological polar surface area (TPSA) is 0 Å². The standard InChI is InChI=1S/C5H5.C3H7.Mn/c1-2-4-5-3-1;1-3-2;/h1-5H;3H,1-2H3;/q2*-1;+2. The summed E-state index contributed by atoms with van der Waals surface area (Å²) < 4.78 is 0. The molecule has 0 N–H and O–H groups in total. The molecule has 0 aliphatic rings. The van der Waals surface area contributed by atoms with E-state index in [1.165, 1.54) is 0 Å². The van der Waals surface area contributed by atoms with Gasteiger partial charge in [0, 0.05) is 0 Å². The van der Waals surface area contributed by atoms with Crippen LogP contribution in [0.3, 0.4) is 0 Å². The van der Waals surface area contributed by atoms with Crippen molar-refractivity contribution in [1.29, 1.82) is 0 Å². The Kier molecular flexibility index (Phi) is 13.9. The van der Waals surface area contributed by atoms with Crippen LogP contribution in [-0.2, 0) is 17.1 Å². The second-order valence-corrected chi connectivity index (χ2v) is 1.54. The molecule has 0 bridgehead atoms. The van der Waals surface area contributed by atoms with E-state index in [1.807, 2.05) is 50.6 Å². The maximum atomic E-state index is 2.00.